The number of nitrogens with zero attached hydrogens (tertiary/aromatic N) is 1. The number of carbonyl (C=O) groups excluding carboxylic acids is 1. The quantitative estimate of drug-likeness (QED) is 0.854. The van der Waals surface area contributed by atoms with Crippen molar-refractivity contribution in [3.8, 4) is 0 Å². The standard InChI is InChI=1S/C15H25NO3/c1-4-10-8-6-5-7-9-16(10)13(17)11-12(14(18)19)15(11,2)3/h10-12H,4-9H2,1-3H3,(H,18,19). The summed E-state index contributed by atoms with van der Waals surface area (Å²) in [6.45, 7) is 6.71. The third-order valence-corrected chi connectivity index (χ3v) is 4.99. The molecule has 2 rings (SSSR count). The van der Waals surface area contributed by atoms with Gasteiger partial charge in [0.05, 0.1) is 11.8 Å². The highest BCUT2D eigenvalue weighted by Crippen LogP contribution is 2.59. The molecule has 1 saturated heterocycles. The highest BCUT2D eigenvalue weighted by atomic mass is 16.4. The van der Waals surface area contributed by atoms with Gasteiger partial charge < -0.3 is 10.0 Å². The van der Waals surface area contributed by atoms with Crippen LogP contribution in [0.2, 0.25) is 0 Å². The van der Waals surface area contributed by atoms with Crippen molar-refractivity contribution in [1.82, 2.24) is 4.90 Å². The Bertz CT molecular complexity index is 378. The maximum absolute atomic E-state index is 12.7. The third kappa shape index (κ3) is 2.49. The van der Waals surface area contributed by atoms with Crippen LogP contribution in [-0.4, -0.2) is 34.5 Å². The van der Waals surface area contributed by atoms with E-state index >= 15 is 0 Å². The first-order valence-corrected chi connectivity index (χ1v) is 7.44. The average Bonchev–Trinajstić information content (AvgIpc) is 2.99. The Kier molecular flexibility index (Phi) is 3.88. The first-order chi connectivity index (χ1) is 8.91. The van der Waals surface area contributed by atoms with E-state index in [1.165, 1.54) is 12.8 Å². The Morgan fingerprint density at radius 3 is 2.42 bits per heavy atom. The summed E-state index contributed by atoms with van der Waals surface area (Å²) in [6.07, 6.45) is 5.44. The van der Waals surface area contributed by atoms with Crippen molar-refractivity contribution >= 4 is 11.9 Å². The number of rotatable bonds is 3. The predicted octanol–water partition coefficient (Wildman–Crippen LogP) is 2.52. The first-order valence-electron chi connectivity index (χ1n) is 7.44. The summed E-state index contributed by atoms with van der Waals surface area (Å²) in [5, 5.41) is 9.21. The van der Waals surface area contributed by atoms with E-state index in [4.69, 9.17) is 0 Å². The van der Waals surface area contributed by atoms with Crippen molar-refractivity contribution in [3.63, 3.8) is 0 Å². The highest BCUT2D eigenvalue weighted by molar-refractivity contribution is 5.91. The molecule has 0 bridgehead atoms. The maximum Gasteiger partial charge on any atom is 0.307 e. The van der Waals surface area contributed by atoms with Crippen LogP contribution in [-0.2, 0) is 9.59 Å². The van der Waals surface area contributed by atoms with Crippen molar-refractivity contribution in [2.45, 2.75) is 58.9 Å². The fraction of sp³-hybridized carbons (Fsp3) is 0.867. The molecular weight excluding hydrogens is 242 g/mol. The van der Waals surface area contributed by atoms with Gasteiger partial charge in [-0.15, -0.1) is 0 Å². The van der Waals surface area contributed by atoms with Gasteiger partial charge in [-0.1, -0.05) is 33.6 Å². The van der Waals surface area contributed by atoms with Crippen molar-refractivity contribution in [3.05, 3.63) is 0 Å². The molecule has 3 unspecified atom stereocenters. The molecule has 1 aliphatic carbocycles. The minimum atomic E-state index is -0.828. The monoisotopic (exact) mass is 267 g/mol. The Balaban J connectivity index is 2.12. The molecule has 1 saturated carbocycles. The largest absolute Gasteiger partial charge is 0.481 e. The van der Waals surface area contributed by atoms with Gasteiger partial charge in [0.1, 0.15) is 0 Å². The number of hydrogen-bond acceptors (Lipinski definition) is 2. The molecule has 1 N–H and O–H groups in total. The normalized spacial score (nSPS) is 33.6. The van der Waals surface area contributed by atoms with Gasteiger partial charge in [0.2, 0.25) is 5.91 Å². The summed E-state index contributed by atoms with van der Waals surface area (Å²) >= 11 is 0. The molecule has 2 aliphatic rings. The summed E-state index contributed by atoms with van der Waals surface area (Å²) in [4.78, 5) is 25.9. The van der Waals surface area contributed by atoms with Gasteiger partial charge in [-0.2, -0.15) is 0 Å². The molecule has 1 aliphatic heterocycles. The van der Waals surface area contributed by atoms with Gasteiger partial charge in [-0.05, 0) is 24.7 Å². The van der Waals surface area contributed by atoms with E-state index in [2.05, 4.69) is 6.92 Å². The molecule has 108 valence electrons. The lowest BCUT2D eigenvalue weighted by atomic mass is 10.1. The van der Waals surface area contributed by atoms with E-state index in [-0.39, 0.29) is 17.2 Å². The van der Waals surface area contributed by atoms with E-state index in [1.54, 1.807) is 0 Å². The highest BCUT2D eigenvalue weighted by Gasteiger charge is 2.66. The fourth-order valence-corrected chi connectivity index (χ4v) is 3.63. The zero-order valence-electron chi connectivity index (χ0n) is 12.2. The molecule has 0 spiro atoms. The average molecular weight is 267 g/mol. The van der Waals surface area contributed by atoms with Gasteiger partial charge in [-0.25, -0.2) is 0 Å². The number of amides is 1. The number of carboxylic acid groups (broad SMARTS) is 1. The summed E-state index contributed by atoms with van der Waals surface area (Å²) in [5.74, 6) is -1.57. The van der Waals surface area contributed by atoms with Gasteiger partial charge >= 0.3 is 5.97 Å². The first kappa shape index (κ1) is 14.4. The third-order valence-electron chi connectivity index (χ3n) is 4.99. The zero-order chi connectivity index (χ0) is 14.2. The number of carbonyl (C=O) groups is 2. The van der Waals surface area contributed by atoms with E-state index in [1.807, 2.05) is 18.7 Å². The summed E-state index contributed by atoms with van der Waals surface area (Å²) in [6, 6.07) is 0.306. The number of aliphatic carboxylic acids is 1. The lowest BCUT2D eigenvalue weighted by molar-refractivity contribution is -0.142. The van der Waals surface area contributed by atoms with Crippen molar-refractivity contribution in [1.29, 1.82) is 0 Å². The lowest BCUT2D eigenvalue weighted by Gasteiger charge is -2.30. The van der Waals surface area contributed by atoms with Crippen LogP contribution in [0.4, 0.5) is 0 Å². The van der Waals surface area contributed by atoms with E-state index in [9.17, 15) is 14.7 Å². The van der Waals surface area contributed by atoms with E-state index in [0.717, 1.165) is 25.8 Å². The Hall–Kier alpha value is -1.06. The molecule has 0 aromatic carbocycles. The van der Waals surface area contributed by atoms with Crippen LogP contribution >= 0.6 is 0 Å². The van der Waals surface area contributed by atoms with Crippen molar-refractivity contribution in [2.75, 3.05) is 6.54 Å². The fourth-order valence-electron chi connectivity index (χ4n) is 3.63. The topological polar surface area (TPSA) is 57.6 Å². The molecular formula is C15H25NO3. The lowest BCUT2D eigenvalue weighted by Crippen LogP contribution is -2.41. The summed E-state index contributed by atoms with van der Waals surface area (Å²) < 4.78 is 0. The van der Waals surface area contributed by atoms with Crippen LogP contribution in [0.15, 0.2) is 0 Å². The van der Waals surface area contributed by atoms with Gasteiger partial charge in [0.15, 0.2) is 0 Å². The van der Waals surface area contributed by atoms with Crippen LogP contribution < -0.4 is 0 Å². The second kappa shape index (κ2) is 5.14. The Morgan fingerprint density at radius 1 is 1.21 bits per heavy atom. The van der Waals surface area contributed by atoms with Crippen molar-refractivity contribution in [2.24, 2.45) is 17.3 Å². The Morgan fingerprint density at radius 2 is 1.89 bits per heavy atom. The predicted molar refractivity (Wildman–Crippen MR) is 72.7 cm³/mol. The molecule has 19 heavy (non-hydrogen) atoms. The van der Waals surface area contributed by atoms with Gasteiger partial charge in [0.25, 0.3) is 0 Å². The van der Waals surface area contributed by atoms with Crippen LogP contribution in [0.3, 0.4) is 0 Å². The van der Waals surface area contributed by atoms with Crippen molar-refractivity contribution < 1.29 is 14.7 Å². The molecule has 1 amide bonds. The molecule has 4 heteroatoms. The minimum Gasteiger partial charge on any atom is -0.481 e. The molecule has 2 fully saturated rings. The smallest absolute Gasteiger partial charge is 0.307 e. The SMILES string of the molecule is CCC1CCCCCN1C(=O)C1C(C(=O)O)C1(C)C. The number of carboxylic acids is 1. The number of hydrogen-bond donors (Lipinski definition) is 1. The molecule has 1 heterocycles. The summed E-state index contributed by atoms with van der Waals surface area (Å²) in [5.41, 5.74) is -0.381. The molecule has 4 nitrogen and oxygen atoms in total. The van der Waals surface area contributed by atoms with Gasteiger partial charge in [0, 0.05) is 12.6 Å². The minimum absolute atomic E-state index is 0.0751. The van der Waals surface area contributed by atoms with Crippen LogP contribution in [0.25, 0.3) is 0 Å². The molecule has 0 radical (unpaired) electrons. The summed E-state index contributed by atoms with van der Waals surface area (Å²) in [7, 11) is 0. The van der Waals surface area contributed by atoms with Gasteiger partial charge in [-0.3, -0.25) is 9.59 Å². The second-order valence-electron chi connectivity index (χ2n) is 6.56. The molecule has 0 aromatic rings. The maximum atomic E-state index is 12.7. The number of likely N-dealkylation sites (tertiary alicyclic amines) is 1. The van der Waals surface area contributed by atoms with Crippen LogP contribution in [0.1, 0.15) is 52.9 Å². The van der Waals surface area contributed by atoms with E-state index in [0.29, 0.717) is 6.04 Å². The van der Waals surface area contributed by atoms with E-state index < -0.39 is 11.9 Å². The van der Waals surface area contributed by atoms with Crippen LogP contribution in [0, 0.1) is 17.3 Å². The zero-order valence-corrected chi connectivity index (χ0v) is 12.2. The second-order valence-corrected chi connectivity index (χ2v) is 6.56. The molecule has 0 aromatic heterocycles. The van der Waals surface area contributed by atoms with Crippen LogP contribution in [0.5, 0.6) is 0 Å². The Labute approximate surface area is 115 Å². The molecule has 3 atom stereocenters.